The molecule has 0 aliphatic heterocycles. The second-order valence-corrected chi connectivity index (χ2v) is 5.72. The van der Waals surface area contributed by atoms with Gasteiger partial charge in [0.2, 0.25) is 0 Å². The van der Waals surface area contributed by atoms with Crippen LogP contribution in [-0.2, 0) is 0 Å². The Hall–Kier alpha value is -2.82. The molecule has 5 heteroatoms. The van der Waals surface area contributed by atoms with E-state index >= 15 is 0 Å². The third-order valence-corrected chi connectivity index (χ3v) is 3.97. The maximum atomic E-state index is 12.5. The number of benzene rings is 1. The smallest absolute Gasteiger partial charge is 0.271 e. The highest BCUT2D eigenvalue weighted by Gasteiger charge is 2.15. The van der Waals surface area contributed by atoms with Crippen molar-refractivity contribution in [3.8, 4) is 5.75 Å². The fraction of sp³-hybridized carbons (Fsp3) is 0.263. The molecule has 5 nitrogen and oxygen atoms in total. The van der Waals surface area contributed by atoms with Gasteiger partial charge in [0.25, 0.3) is 5.91 Å². The molecule has 3 aromatic rings. The van der Waals surface area contributed by atoms with Gasteiger partial charge in [-0.25, -0.2) is 4.98 Å². The van der Waals surface area contributed by atoms with Crippen molar-refractivity contribution in [2.24, 2.45) is 0 Å². The molecule has 1 N–H and O–H groups in total. The third kappa shape index (κ3) is 3.25. The third-order valence-electron chi connectivity index (χ3n) is 3.97. The van der Waals surface area contributed by atoms with Gasteiger partial charge in [0.05, 0.1) is 12.6 Å². The van der Waals surface area contributed by atoms with Crippen LogP contribution in [0.15, 0.2) is 48.7 Å². The Morgan fingerprint density at radius 1 is 1.25 bits per heavy atom. The molecule has 0 saturated carbocycles. The molecule has 1 aromatic carbocycles. The Morgan fingerprint density at radius 2 is 2.00 bits per heavy atom. The van der Waals surface area contributed by atoms with Gasteiger partial charge in [0.1, 0.15) is 17.1 Å². The minimum absolute atomic E-state index is 0.112. The molecule has 3 rings (SSSR count). The maximum Gasteiger partial charge on any atom is 0.271 e. The van der Waals surface area contributed by atoms with Crippen molar-refractivity contribution in [3.05, 3.63) is 65.6 Å². The molecule has 0 radical (unpaired) electrons. The van der Waals surface area contributed by atoms with Gasteiger partial charge in [-0.2, -0.15) is 0 Å². The van der Waals surface area contributed by atoms with Gasteiger partial charge in [-0.05, 0) is 50.6 Å². The minimum Gasteiger partial charge on any atom is -0.494 e. The molecule has 1 atom stereocenters. The summed E-state index contributed by atoms with van der Waals surface area (Å²) in [4.78, 5) is 16.9. The first-order chi connectivity index (χ1) is 11.6. The van der Waals surface area contributed by atoms with E-state index < -0.39 is 0 Å². The van der Waals surface area contributed by atoms with Crippen molar-refractivity contribution in [2.75, 3.05) is 6.61 Å². The molecular weight excluding hydrogens is 302 g/mol. The first-order valence-corrected chi connectivity index (χ1v) is 8.07. The van der Waals surface area contributed by atoms with Crippen molar-refractivity contribution in [3.63, 3.8) is 0 Å². The summed E-state index contributed by atoms with van der Waals surface area (Å²) in [5.41, 5.74) is 3.25. The van der Waals surface area contributed by atoms with Crippen LogP contribution in [0.1, 0.15) is 41.6 Å². The van der Waals surface area contributed by atoms with E-state index in [2.05, 4.69) is 10.3 Å². The van der Waals surface area contributed by atoms with Gasteiger partial charge < -0.3 is 14.5 Å². The van der Waals surface area contributed by atoms with Crippen LogP contribution in [0.3, 0.4) is 0 Å². The quantitative estimate of drug-likeness (QED) is 0.781. The predicted octanol–water partition coefficient (Wildman–Crippen LogP) is 3.53. The maximum absolute atomic E-state index is 12.5. The van der Waals surface area contributed by atoms with E-state index in [-0.39, 0.29) is 11.9 Å². The van der Waals surface area contributed by atoms with Crippen LogP contribution in [0.2, 0.25) is 0 Å². The van der Waals surface area contributed by atoms with Gasteiger partial charge in [-0.1, -0.05) is 18.2 Å². The standard InChI is InChI=1S/C19H21N3O2/c1-4-24-16-10-8-15(9-11-16)14(3)20-19(23)17-12-22-13(2)6-5-7-18(22)21-17/h5-12,14H,4H2,1-3H3,(H,20,23). The van der Waals surface area contributed by atoms with Crippen molar-refractivity contribution < 1.29 is 9.53 Å². The summed E-state index contributed by atoms with van der Waals surface area (Å²) in [5, 5.41) is 2.99. The van der Waals surface area contributed by atoms with Crippen molar-refractivity contribution in [1.29, 1.82) is 0 Å². The van der Waals surface area contributed by atoms with Gasteiger partial charge in [-0.3, -0.25) is 4.79 Å². The number of imidazole rings is 1. The zero-order valence-electron chi connectivity index (χ0n) is 14.1. The Bertz CT molecular complexity index is 853. The number of fused-ring (bicyclic) bond motifs is 1. The van der Waals surface area contributed by atoms with Gasteiger partial charge in [0, 0.05) is 11.9 Å². The molecule has 1 unspecified atom stereocenters. The van der Waals surface area contributed by atoms with E-state index in [1.807, 2.05) is 67.6 Å². The lowest BCUT2D eigenvalue weighted by Gasteiger charge is -2.14. The molecule has 1 amide bonds. The van der Waals surface area contributed by atoms with Crippen LogP contribution >= 0.6 is 0 Å². The topological polar surface area (TPSA) is 55.6 Å². The highest BCUT2D eigenvalue weighted by atomic mass is 16.5. The van der Waals surface area contributed by atoms with Crippen LogP contribution in [0.4, 0.5) is 0 Å². The van der Waals surface area contributed by atoms with Gasteiger partial charge in [-0.15, -0.1) is 0 Å². The first-order valence-electron chi connectivity index (χ1n) is 8.07. The molecule has 0 bridgehead atoms. The molecule has 0 fully saturated rings. The number of aryl methyl sites for hydroxylation is 1. The molecule has 0 saturated heterocycles. The number of aromatic nitrogens is 2. The van der Waals surface area contributed by atoms with E-state index in [1.165, 1.54) is 0 Å². The monoisotopic (exact) mass is 323 g/mol. The van der Waals surface area contributed by atoms with E-state index in [4.69, 9.17) is 4.74 Å². The Labute approximate surface area is 141 Å². The molecule has 124 valence electrons. The van der Waals surface area contributed by atoms with Crippen LogP contribution in [0, 0.1) is 6.92 Å². The zero-order valence-corrected chi connectivity index (χ0v) is 14.1. The average Bonchev–Trinajstić information content (AvgIpc) is 3.01. The number of hydrogen-bond donors (Lipinski definition) is 1. The summed E-state index contributed by atoms with van der Waals surface area (Å²) in [6.45, 7) is 6.53. The number of nitrogens with zero attached hydrogens (tertiary/aromatic N) is 2. The number of amides is 1. The molecule has 0 spiro atoms. The number of carbonyl (C=O) groups excluding carboxylic acids is 1. The number of ether oxygens (including phenoxy) is 1. The second-order valence-electron chi connectivity index (χ2n) is 5.72. The van der Waals surface area contributed by atoms with E-state index in [1.54, 1.807) is 6.20 Å². The van der Waals surface area contributed by atoms with Crippen LogP contribution in [-0.4, -0.2) is 21.9 Å². The number of hydrogen-bond acceptors (Lipinski definition) is 3. The lowest BCUT2D eigenvalue weighted by atomic mass is 10.1. The molecule has 2 aromatic heterocycles. The molecule has 2 heterocycles. The van der Waals surface area contributed by atoms with Crippen LogP contribution in [0.5, 0.6) is 5.75 Å². The lowest BCUT2D eigenvalue weighted by molar-refractivity contribution is 0.0935. The van der Waals surface area contributed by atoms with Crippen LogP contribution in [0.25, 0.3) is 5.65 Å². The number of pyridine rings is 1. The molecule has 24 heavy (non-hydrogen) atoms. The minimum atomic E-state index is -0.181. The van der Waals surface area contributed by atoms with Gasteiger partial charge in [0.15, 0.2) is 0 Å². The molecule has 0 aliphatic rings. The highest BCUT2D eigenvalue weighted by Crippen LogP contribution is 2.18. The summed E-state index contributed by atoms with van der Waals surface area (Å²) in [5.74, 6) is 0.648. The van der Waals surface area contributed by atoms with E-state index in [0.29, 0.717) is 12.3 Å². The first kappa shape index (κ1) is 16.1. The number of carbonyl (C=O) groups is 1. The summed E-state index contributed by atoms with van der Waals surface area (Å²) in [7, 11) is 0. The molecular formula is C19H21N3O2. The normalized spacial score (nSPS) is 12.1. The lowest BCUT2D eigenvalue weighted by Crippen LogP contribution is -2.26. The van der Waals surface area contributed by atoms with Crippen molar-refractivity contribution in [1.82, 2.24) is 14.7 Å². The second kappa shape index (κ2) is 6.74. The summed E-state index contributed by atoms with van der Waals surface area (Å²) >= 11 is 0. The van der Waals surface area contributed by atoms with Crippen molar-refractivity contribution in [2.45, 2.75) is 26.8 Å². The van der Waals surface area contributed by atoms with E-state index in [9.17, 15) is 4.79 Å². The fourth-order valence-corrected chi connectivity index (χ4v) is 2.63. The average molecular weight is 323 g/mol. The SMILES string of the molecule is CCOc1ccc(C(C)NC(=O)c2cn3c(C)cccc3n2)cc1. The summed E-state index contributed by atoms with van der Waals surface area (Å²) < 4.78 is 7.35. The molecule has 0 aliphatic carbocycles. The summed E-state index contributed by atoms with van der Waals surface area (Å²) in [6, 6.07) is 13.4. The predicted molar refractivity (Wildman–Crippen MR) is 93.4 cm³/mol. The Balaban J connectivity index is 1.74. The van der Waals surface area contributed by atoms with Crippen LogP contribution < -0.4 is 10.1 Å². The van der Waals surface area contributed by atoms with E-state index in [0.717, 1.165) is 22.7 Å². The van der Waals surface area contributed by atoms with Crippen molar-refractivity contribution >= 4 is 11.6 Å². The Morgan fingerprint density at radius 3 is 2.67 bits per heavy atom. The van der Waals surface area contributed by atoms with Gasteiger partial charge >= 0.3 is 0 Å². The zero-order chi connectivity index (χ0) is 17.1. The largest absolute Gasteiger partial charge is 0.494 e. The summed E-state index contributed by atoms with van der Waals surface area (Å²) in [6.07, 6.45) is 1.77. The fourth-order valence-electron chi connectivity index (χ4n) is 2.63. The number of nitrogens with one attached hydrogen (secondary N) is 1. The number of rotatable bonds is 5. The Kier molecular flexibility index (Phi) is 4.51. The highest BCUT2D eigenvalue weighted by molar-refractivity contribution is 5.93.